The van der Waals surface area contributed by atoms with Gasteiger partial charge in [-0.2, -0.15) is 0 Å². The first-order valence-corrected chi connectivity index (χ1v) is 3.34. The van der Waals surface area contributed by atoms with Gasteiger partial charge in [0.1, 0.15) is 5.75 Å². The summed E-state index contributed by atoms with van der Waals surface area (Å²) in [6.45, 7) is -0.391. The molecule has 0 aromatic heterocycles. The molecular formula is C7H8N2O3. The number of nitrogens with one attached hydrogen (secondary N) is 1. The van der Waals surface area contributed by atoms with Crippen molar-refractivity contribution in [3.05, 3.63) is 34.4 Å². The van der Waals surface area contributed by atoms with Gasteiger partial charge in [-0.25, -0.2) is 0 Å². The number of aromatic hydroxyl groups is 1. The van der Waals surface area contributed by atoms with E-state index in [1.165, 1.54) is 6.07 Å². The van der Waals surface area contributed by atoms with Crippen LogP contribution in [0.3, 0.4) is 0 Å². The minimum absolute atomic E-state index is 0.0133. The molecule has 0 saturated carbocycles. The van der Waals surface area contributed by atoms with E-state index >= 15 is 0 Å². The van der Waals surface area contributed by atoms with Crippen LogP contribution >= 0.6 is 0 Å². The molecule has 1 rings (SSSR count). The Balaban J connectivity index is 2.63. The summed E-state index contributed by atoms with van der Waals surface area (Å²) in [4.78, 5) is 9.44. The number of phenolic OH excluding ortho intramolecular Hbond substituents is 1. The number of hydrogen-bond acceptors (Lipinski definition) is 4. The van der Waals surface area contributed by atoms with Gasteiger partial charge in [0.2, 0.25) is 0 Å². The van der Waals surface area contributed by atoms with Gasteiger partial charge in [-0.1, -0.05) is 12.1 Å². The molecule has 1 aromatic rings. The molecule has 0 amide bonds. The molecule has 0 unspecified atom stereocenters. The van der Waals surface area contributed by atoms with Crippen molar-refractivity contribution in [3.63, 3.8) is 0 Å². The molecular weight excluding hydrogens is 160 g/mol. The number of anilines is 1. The fourth-order valence-corrected chi connectivity index (χ4v) is 0.773. The minimum Gasteiger partial charge on any atom is -0.506 e. The molecule has 0 bridgehead atoms. The van der Waals surface area contributed by atoms with Crippen molar-refractivity contribution in [1.82, 2.24) is 0 Å². The smallest absolute Gasteiger partial charge is 0.275 e. The minimum atomic E-state index is -0.507. The highest BCUT2D eigenvalue weighted by Gasteiger charge is 2.00. The molecule has 5 nitrogen and oxygen atoms in total. The summed E-state index contributed by atoms with van der Waals surface area (Å²) in [6.07, 6.45) is 0. The summed E-state index contributed by atoms with van der Waals surface area (Å²) >= 11 is 0. The van der Waals surface area contributed by atoms with Gasteiger partial charge in [0.05, 0.1) is 5.69 Å². The van der Waals surface area contributed by atoms with E-state index in [0.29, 0.717) is 5.69 Å². The van der Waals surface area contributed by atoms with Crippen LogP contribution in [0.2, 0.25) is 0 Å². The van der Waals surface area contributed by atoms with Crippen molar-refractivity contribution in [2.24, 2.45) is 0 Å². The highest BCUT2D eigenvalue weighted by Crippen LogP contribution is 2.20. The molecule has 0 heterocycles. The van der Waals surface area contributed by atoms with Gasteiger partial charge >= 0.3 is 0 Å². The molecule has 0 radical (unpaired) electrons. The monoisotopic (exact) mass is 168 g/mol. The predicted octanol–water partition coefficient (Wildman–Crippen LogP) is 1.04. The molecule has 0 fully saturated rings. The fourth-order valence-electron chi connectivity index (χ4n) is 0.773. The van der Waals surface area contributed by atoms with Gasteiger partial charge in [-0.3, -0.25) is 10.1 Å². The number of para-hydroxylation sites is 2. The van der Waals surface area contributed by atoms with Gasteiger partial charge in [0, 0.05) is 4.92 Å². The summed E-state index contributed by atoms with van der Waals surface area (Å²) in [5.74, 6) is 0.0133. The van der Waals surface area contributed by atoms with Crippen LogP contribution in [-0.4, -0.2) is 16.7 Å². The summed E-state index contributed by atoms with van der Waals surface area (Å²) in [6, 6.07) is 6.36. The predicted molar refractivity (Wildman–Crippen MR) is 43.6 cm³/mol. The van der Waals surface area contributed by atoms with Crippen molar-refractivity contribution in [2.75, 3.05) is 12.0 Å². The lowest BCUT2D eigenvalue weighted by molar-refractivity contribution is -0.473. The zero-order valence-electron chi connectivity index (χ0n) is 6.23. The average Bonchev–Trinajstić information content (AvgIpc) is 2.03. The van der Waals surface area contributed by atoms with Crippen LogP contribution in [0.5, 0.6) is 5.75 Å². The topological polar surface area (TPSA) is 75.4 Å². The van der Waals surface area contributed by atoms with Crippen LogP contribution < -0.4 is 5.32 Å². The molecule has 2 N–H and O–H groups in total. The Morgan fingerprint density at radius 1 is 1.50 bits per heavy atom. The van der Waals surface area contributed by atoms with Gasteiger partial charge in [-0.05, 0) is 12.1 Å². The molecule has 0 saturated heterocycles. The Kier molecular flexibility index (Phi) is 2.47. The van der Waals surface area contributed by atoms with E-state index in [1.807, 2.05) is 0 Å². The van der Waals surface area contributed by atoms with E-state index in [4.69, 9.17) is 5.11 Å². The molecule has 0 spiro atoms. The first kappa shape index (κ1) is 8.32. The van der Waals surface area contributed by atoms with Gasteiger partial charge in [-0.15, -0.1) is 0 Å². The normalized spacial score (nSPS) is 9.33. The van der Waals surface area contributed by atoms with Crippen molar-refractivity contribution < 1.29 is 10.0 Å². The molecule has 1 aromatic carbocycles. The Morgan fingerprint density at radius 2 is 2.17 bits per heavy atom. The maximum absolute atomic E-state index is 9.95. The largest absolute Gasteiger partial charge is 0.506 e. The van der Waals surface area contributed by atoms with Crippen LogP contribution in [0.25, 0.3) is 0 Å². The van der Waals surface area contributed by atoms with Crippen molar-refractivity contribution in [3.8, 4) is 5.75 Å². The number of nitrogens with zero attached hydrogens (tertiary/aromatic N) is 1. The van der Waals surface area contributed by atoms with E-state index in [-0.39, 0.29) is 5.75 Å². The number of benzene rings is 1. The lowest BCUT2D eigenvalue weighted by Crippen LogP contribution is -2.11. The average molecular weight is 168 g/mol. The SMILES string of the molecule is O=[N+]([O-])CNc1ccccc1O. The Hall–Kier alpha value is -1.78. The molecule has 0 aliphatic heterocycles. The zero-order valence-corrected chi connectivity index (χ0v) is 6.23. The van der Waals surface area contributed by atoms with E-state index in [1.54, 1.807) is 18.2 Å². The Morgan fingerprint density at radius 3 is 2.75 bits per heavy atom. The molecule has 0 atom stereocenters. The van der Waals surface area contributed by atoms with Crippen molar-refractivity contribution >= 4 is 5.69 Å². The summed E-state index contributed by atoms with van der Waals surface area (Å²) < 4.78 is 0. The first-order valence-electron chi connectivity index (χ1n) is 3.34. The van der Waals surface area contributed by atoms with Crippen molar-refractivity contribution in [1.29, 1.82) is 0 Å². The summed E-state index contributed by atoms with van der Waals surface area (Å²) in [7, 11) is 0. The Labute approximate surface area is 68.8 Å². The van der Waals surface area contributed by atoms with E-state index < -0.39 is 11.6 Å². The van der Waals surface area contributed by atoms with Crippen LogP contribution in [0.4, 0.5) is 5.69 Å². The van der Waals surface area contributed by atoms with Crippen LogP contribution in [0.1, 0.15) is 0 Å². The highest BCUT2D eigenvalue weighted by atomic mass is 16.6. The quantitative estimate of drug-likeness (QED) is 0.306. The zero-order chi connectivity index (χ0) is 8.97. The molecule has 12 heavy (non-hydrogen) atoms. The molecule has 64 valence electrons. The number of phenols is 1. The third-order valence-corrected chi connectivity index (χ3v) is 1.30. The third-order valence-electron chi connectivity index (χ3n) is 1.30. The molecule has 0 aliphatic carbocycles. The number of nitro groups is 1. The van der Waals surface area contributed by atoms with E-state index in [9.17, 15) is 10.1 Å². The van der Waals surface area contributed by atoms with Gasteiger partial charge in [0.15, 0.2) is 0 Å². The maximum atomic E-state index is 9.95. The van der Waals surface area contributed by atoms with Crippen LogP contribution in [0, 0.1) is 10.1 Å². The van der Waals surface area contributed by atoms with Gasteiger partial charge < -0.3 is 10.4 Å². The fraction of sp³-hybridized carbons (Fsp3) is 0.143. The molecule has 5 heteroatoms. The second kappa shape index (κ2) is 3.56. The number of rotatable bonds is 3. The van der Waals surface area contributed by atoms with Crippen LogP contribution in [-0.2, 0) is 0 Å². The molecule has 0 aliphatic rings. The van der Waals surface area contributed by atoms with Crippen molar-refractivity contribution in [2.45, 2.75) is 0 Å². The lowest BCUT2D eigenvalue weighted by Gasteiger charge is -2.02. The lowest BCUT2D eigenvalue weighted by atomic mass is 10.3. The van der Waals surface area contributed by atoms with E-state index in [0.717, 1.165) is 0 Å². The standard InChI is InChI=1S/C7H8N2O3/c10-7-4-2-1-3-6(7)8-5-9(11)12/h1-4,8,10H,5H2. The maximum Gasteiger partial charge on any atom is 0.275 e. The first-order chi connectivity index (χ1) is 5.70. The number of hydrogen-bond donors (Lipinski definition) is 2. The summed E-state index contributed by atoms with van der Waals surface area (Å²) in [5, 5.41) is 21.5. The summed E-state index contributed by atoms with van der Waals surface area (Å²) in [5.41, 5.74) is 0.370. The third kappa shape index (κ3) is 2.12. The highest BCUT2D eigenvalue weighted by molar-refractivity contribution is 5.54. The second-order valence-corrected chi connectivity index (χ2v) is 2.18. The van der Waals surface area contributed by atoms with E-state index in [2.05, 4.69) is 5.32 Å². The Bertz CT molecular complexity index is 288. The van der Waals surface area contributed by atoms with Crippen LogP contribution in [0.15, 0.2) is 24.3 Å². The second-order valence-electron chi connectivity index (χ2n) is 2.18. The van der Waals surface area contributed by atoms with Gasteiger partial charge in [0.25, 0.3) is 6.67 Å².